The topological polar surface area (TPSA) is 34.9 Å². The highest BCUT2D eigenvalue weighted by atomic mass is 35.5. The number of aromatic nitrogens is 2. The normalized spacial score (nSPS) is 10.6. The van der Waals surface area contributed by atoms with Crippen molar-refractivity contribution in [1.29, 1.82) is 0 Å². The lowest BCUT2D eigenvalue weighted by Crippen LogP contribution is -2.09. The van der Waals surface area contributed by atoms with E-state index in [9.17, 15) is 4.79 Å². The van der Waals surface area contributed by atoms with Crippen molar-refractivity contribution < 1.29 is 4.79 Å². The van der Waals surface area contributed by atoms with Gasteiger partial charge in [-0.15, -0.1) is 0 Å². The van der Waals surface area contributed by atoms with Crippen molar-refractivity contribution in [3.05, 3.63) is 52.5 Å². The van der Waals surface area contributed by atoms with Crippen LogP contribution in [0.5, 0.6) is 0 Å². The van der Waals surface area contributed by atoms with Crippen LogP contribution < -0.4 is 0 Å². The molecule has 0 unspecified atom stereocenters. The number of hydrogen-bond acceptors (Lipinski definition) is 2. The molecule has 0 bridgehead atoms. The van der Waals surface area contributed by atoms with Gasteiger partial charge < -0.3 is 4.57 Å². The number of hydrogen-bond donors (Lipinski definition) is 0. The van der Waals surface area contributed by atoms with Crippen molar-refractivity contribution >= 4 is 29.0 Å². The SMILES string of the molecule is O=C(CCc1ccc(Cl)cc1Cl)Cn1ccnc1. The number of Topliss-reactive ketones (excluding diaryl/α,β-unsaturated/α-hetero) is 1. The number of rotatable bonds is 5. The molecule has 0 fully saturated rings. The van der Waals surface area contributed by atoms with E-state index in [1.165, 1.54) is 0 Å². The maximum Gasteiger partial charge on any atom is 0.152 e. The first-order valence-corrected chi connectivity index (χ1v) is 6.32. The summed E-state index contributed by atoms with van der Waals surface area (Å²) in [6, 6.07) is 5.33. The lowest BCUT2D eigenvalue weighted by Gasteiger charge is -2.05. The van der Waals surface area contributed by atoms with E-state index in [1.807, 2.05) is 6.07 Å². The molecule has 0 aliphatic rings. The average molecular weight is 283 g/mol. The van der Waals surface area contributed by atoms with Gasteiger partial charge in [-0.25, -0.2) is 4.98 Å². The van der Waals surface area contributed by atoms with E-state index >= 15 is 0 Å². The van der Waals surface area contributed by atoms with E-state index in [0.717, 1.165) is 5.56 Å². The fraction of sp³-hybridized carbons (Fsp3) is 0.231. The summed E-state index contributed by atoms with van der Waals surface area (Å²) in [5, 5.41) is 1.21. The highest BCUT2D eigenvalue weighted by Crippen LogP contribution is 2.22. The van der Waals surface area contributed by atoms with Gasteiger partial charge in [0.05, 0.1) is 12.9 Å². The number of carbonyl (C=O) groups is 1. The molecule has 5 heteroatoms. The third-order valence-corrected chi connectivity index (χ3v) is 3.19. The summed E-state index contributed by atoms with van der Waals surface area (Å²) in [7, 11) is 0. The molecule has 0 N–H and O–H groups in total. The van der Waals surface area contributed by atoms with Gasteiger partial charge in [0.1, 0.15) is 0 Å². The van der Waals surface area contributed by atoms with Crippen LogP contribution >= 0.6 is 23.2 Å². The van der Waals surface area contributed by atoms with Crippen molar-refractivity contribution in [2.45, 2.75) is 19.4 Å². The highest BCUT2D eigenvalue weighted by Gasteiger charge is 2.06. The molecular weight excluding hydrogens is 271 g/mol. The van der Waals surface area contributed by atoms with E-state index in [1.54, 1.807) is 35.4 Å². The minimum Gasteiger partial charge on any atom is -0.330 e. The summed E-state index contributed by atoms with van der Waals surface area (Å²) in [6.07, 6.45) is 6.15. The van der Waals surface area contributed by atoms with Crippen LogP contribution in [0.3, 0.4) is 0 Å². The van der Waals surface area contributed by atoms with Crippen LogP contribution in [0.15, 0.2) is 36.9 Å². The smallest absolute Gasteiger partial charge is 0.152 e. The molecule has 18 heavy (non-hydrogen) atoms. The van der Waals surface area contributed by atoms with E-state index in [4.69, 9.17) is 23.2 Å². The standard InChI is InChI=1S/C13H12Cl2N2O/c14-11-3-1-10(13(15)7-11)2-4-12(18)8-17-6-5-16-9-17/h1,3,5-7,9H,2,4,8H2. The summed E-state index contributed by atoms with van der Waals surface area (Å²) < 4.78 is 1.76. The molecule has 2 rings (SSSR count). The monoisotopic (exact) mass is 282 g/mol. The number of ketones is 1. The van der Waals surface area contributed by atoms with Gasteiger partial charge in [-0.2, -0.15) is 0 Å². The summed E-state index contributed by atoms with van der Waals surface area (Å²) in [4.78, 5) is 15.6. The molecule has 0 aliphatic carbocycles. The van der Waals surface area contributed by atoms with Crippen molar-refractivity contribution in [2.24, 2.45) is 0 Å². The van der Waals surface area contributed by atoms with Crippen LogP contribution in [0.1, 0.15) is 12.0 Å². The Bertz CT molecular complexity index is 538. The molecule has 0 aliphatic heterocycles. The minimum atomic E-state index is 0.152. The quantitative estimate of drug-likeness (QED) is 0.843. The predicted octanol–water partition coefficient (Wildman–Crippen LogP) is 3.39. The van der Waals surface area contributed by atoms with Crippen LogP contribution in [-0.4, -0.2) is 15.3 Å². The Labute approximate surface area is 115 Å². The fourth-order valence-corrected chi connectivity index (χ4v) is 2.16. The number of carbonyl (C=O) groups excluding carboxylic acids is 1. The first-order valence-electron chi connectivity index (χ1n) is 5.56. The Hall–Kier alpha value is -1.32. The Morgan fingerprint density at radius 2 is 2.17 bits per heavy atom. The van der Waals surface area contributed by atoms with Crippen LogP contribution in [0.4, 0.5) is 0 Å². The zero-order valence-electron chi connectivity index (χ0n) is 9.64. The number of aryl methyl sites for hydroxylation is 1. The molecule has 0 saturated heterocycles. The third kappa shape index (κ3) is 3.59. The molecule has 3 nitrogen and oxygen atoms in total. The van der Waals surface area contributed by atoms with E-state index in [2.05, 4.69) is 4.98 Å². The van der Waals surface area contributed by atoms with Crippen molar-refractivity contribution in [1.82, 2.24) is 9.55 Å². The minimum absolute atomic E-state index is 0.152. The van der Waals surface area contributed by atoms with E-state index in [0.29, 0.717) is 29.4 Å². The van der Waals surface area contributed by atoms with E-state index < -0.39 is 0 Å². The van der Waals surface area contributed by atoms with Gasteiger partial charge in [-0.05, 0) is 24.1 Å². The molecule has 0 saturated carbocycles. The Balaban J connectivity index is 1.89. The fourth-order valence-electron chi connectivity index (χ4n) is 1.66. The molecule has 2 aromatic rings. The molecular formula is C13H12Cl2N2O. The highest BCUT2D eigenvalue weighted by molar-refractivity contribution is 6.35. The van der Waals surface area contributed by atoms with Gasteiger partial charge in [0.15, 0.2) is 5.78 Å². The molecule has 0 radical (unpaired) electrons. The van der Waals surface area contributed by atoms with Gasteiger partial charge in [0, 0.05) is 28.9 Å². The number of nitrogens with zero attached hydrogens (tertiary/aromatic N) is 2. The Morgan fingerprint density at radius 3 is 2.83 bits per heavy atom. The zero-order chi connectivity index (χ0) is 13.0. The Kier molecular flexibility index (Phi) is 4.39. The van der Waals surface area contributed by atoms with Gasteiger partial charge >= 0.3 is 0 Å². The predicted molar refractivity (Wildman–Crippen MR) is 72.0 cm³/mol. The molecule has 1 aromatic carbocycles. The summed E-state index contributed by atoms with van der Waals surface area (Å²) in [6.45, 7) is 0.352. The van der Waals surface area contributed by atoms with Crippen LogP contribution in [0.2, 0.25) is 10.0 Å². The maximum absolute atomic E-state index is 11.7. The van der Waals surface area contributed by atoms with Crippen molar-refractivity contribution in [3.63, 3.8) is 0 Å². The van der Waals surface area contributed by atoms with Crippen molar-refractivity contribution in [2.75, 3.05) is 0 Å². The number of halogens is 2. The molecule has 0 atom stereocenters. The number of imidazole rings is 1. The number of benzene rings is 1. The van der Waals surface area contributed by atoms with Crippen LogP contribution in [-0.2, 0) is 17.8 Å². The summed E-state index contributed by atoms with van der Waals surface area (Å²) in [5.41, 5.74) is 0.944. The summed E-state index contributed by atoms with van der Waals surface area (Å²) >= 11 is 11.9. The van der Waals surface area contributed by atoms with Gasteiger partial charge in [0.25, 0.3) is 0 Å². The second-order valence-corrected chi connectivity index (χ2v) is 4.85. The maximum atomic E-state index is 11.7. The van der Waals surface area contributed by atoms with E-state index in [-0.39, 0.29) is 5.78 Å². The molecule has 0 amide bonds. The van der Waals surface area contributed by atoms with Crippen LogP contribution in [0.25, 0.3) is 0 Å². The lowest BCUT2D eigenvalue weighted by atomic mass is 10.1. The molecule has 0 spiro atoms. The van der Waals surface area contributed by atoms with Gasteiger partial charge in [-0.3, -0.25) is 4.79 Å². The third-order valence-electron chi connectivity index (χ3n) is 2.61. The molecule has 1 heterocycles. The van der Waals surface area contributed by atoms with Crippen molar-refractivity contribution in [3.8, 4) is 0 Å². The molecule has 1 aromatic heterocycles. The van der Waals surface area contributed by atoms with Crippen LogP contribution in [0, 0.1) is 0 Å². The first kappa shape index (κ1) is 13.1. The second kappa shape index (κ2) is 6.03. The lowest BCUT2D eigenvalue weighted by molar-refractivity contribution is -0.119. The molecule has 94 valence electrons. The van der Waals surface area contributed by atoms with Gasteiger partial charge in [-0.1, -0.05) is 29.3 Å². The largest absolute Gasteiger partial charge is 0.330 e. The zero-order valence-corrected chi connectivity index (χ0v) is 11.2. The second-order valence-electron chi connectivity index (χ2n) is 4.01. The Morgan fingerprint density at radius 1 is 1.33 bits per heavy atom. The first-order chi connectivity index (χ1) is 8.65. The average Bonchev–Trinajstić information content (AvgIpc) is 2.80. The summed E-state index contributed by atoms with van der Waals surface area (Å²) in [5.74, 6) is 0.152. The van der Waals surface area contributed by atoms with Gasteiger partial charge in [0.2, 0.25) is 0 Å².